The Morgan fingerprint density at radius 2 is 1.72 bits per heavy atom. The number of aliphatic hydroxyl groups is 2. The van der Waals surface area contributed by atoms with Gasteiger partial charge in [0.2, 0.25) is 0 Å². The topological polar surface area (TPSA) is 121 Å². The summed E-state index contributed by atoms with van der Waals surface area (Å²) < 4.78 is 3.49. The van der Waals surface area contributed by atoms with E-state index in [4.69, 9.17) is 39.8 Å². The number of aromatic amines is 1. The van der Waals surface area contributed by atoms with Crippen molar-refractivity contribution in [1.29, 1.82) is 0 Å². The molecule has 0 fully saturated rings. The largest absolute Gasteiger partial charge is 0.395 e. The molecule has 0 atom stereocenters. The molecule has 4 rings (SSSR count). The number of rotatable bonds is 9. The molecule has 3 aromatic heterocycles. The molecule has 0 bridgehead atoms. The maximum absolute atomic E-state index is 13.2. The van der Waals surface area contributed by atoms with Crippen LogP contribution in [0.3, 0.4) is 0 Å². The number of halogens is 3. The van der Waals surface area contributed by atoms with Crippen molar-refractivity contribution in [3.63, 3.8) is 0 Å². The smallest absolute Gasteiger partial charge is 0.262 e. The van der Waals surface area contributed by atoms with Crippen LogP contribution in [0.5, 0.6) is 0 Å². The monoisotopic (exact) mass is 552 g/mol. The van der Waals surface area contributed by atoms with Gasteiger partial charge >= 0.3 is 0 Å². The van der Waals surface area contributed by atoms with Crippen LogP contribution in [0.1, 0.15) is 42.7 Å². The first-order valence-corrected chi connectivity index (χ1v) is 12.5. The van der Waals surface area contributed by atoms with Gasteiger partial charge in [0.15, 0.2) is 5.65 Å². The highest BCUT2D eigenvalue weighted by Gasteiger charge is 2.23. The van der Waals surface area contributed by atoms with Crippen molar-refractivity contribution in [1.82, 2.24) is 29.6 Å². The van der Waals surface area contributed by atoms with E-state index in [1.807, 2.05) is 37.6 Å². The second-order valence-corrected chi connectivity index (χ2v) is 10.1. The van der Waals surface area contributed by atoms with Crippen LogP contribution in [0.4, 0.5) is 0 Å². The Labute approximate surface area is 222 Å². The lowest BCUT2D eigenvalue weighted by atomic mass is 10.1. The molecule has 3 heterocycles. The molecule has 1 aromatic carbocycles. The van der Waals surface area contributed by atoms with E-state index >= 15 is 0 Å². The number of aromatic nitrogens is 5. The van der Waals surface area contributed by atoms with E-state index < -0.39 is 6.04 Å². The van der Waals surface area contributed by atoms with Crippen molar-refractivity contribution in [2.45, 2.75) is 38.8 Å². The third-order valence-electron chi connectivity index (χ3n) is 6.05. The minimum Gasteiger partial charge on any atom is -0.395 e. The van der Waals surface area contributed by atoms with Crippen molar-refractivity contribution in [2.75, 3.05) is 13.2 Å². The van der Waals surface area contributed by atoms with Crippen molar-refractivity contribution >= 4 is 45.8 Å². The molecule has 36 heavy (non-hydrogen) atoms. The zero-order valence-electron chi connectivity index (χ0n) is 20.0. The van der Waals surface area contributed by atoms with Gasteiger partial charge in [-0.1, -0.05) is 48.7 Å². The number of hydrogen-bond acceptors (Lipinski definition) is 6. The van der Waals surface area contributed by atoms with Gasteiger partial charge in [-0.3, -0.25) is 4.79 Å². The SMILES string of the molecule is CC(C)c1nn(-c2c(Cl)cc(Cl)cc2Cl)c2nc(Cc3ccc(CNC(CO)CO)n3C)[nH]c(=O)c12. The Hall–Kier alpha value is -2.40. The van der Waals surface area contributed by atoms with E-state index in [1.54, 1.807) is 12.1 Å². The predicted molar refractivity (Wildman–Crippen MR) is 142 cm³/mol. The Morgan fingerprint density at radius 1 is 1.08 bits per heavy atom. The lowest BCUT2D eigenvalue weighted by Crippen LogP contribution is -2.35. The van der Waals surface area contributed by atoms with Crippen molar-refractivity contribution in [2.24, 2.45) is 7.05 Å². The first-order valence-electron chi connectivity index (χ1n) is 11.4. The van der Waals surface area contributed by atoms with Gasteiger partial charge in [-0.15, -0.1) is 0 Å². The summed E-state index contributed by atoms with van der Waals surface area (Å²) >= 11 is 19.1. The van der Waals surface area contributed by atoms with Crippen LogP contribution in [0.15, 0.2) is 29.1 Å². The maximum Gasteiger partial charge on any atom is 0.262 e. The van der Waals surface area contributed by atoms with E-state index in [0.717, 1.165) is 11.4 Å². The van der Waals surface area contributed by atoms with Gasteiger partial charge in [0.1, 0.15) is 16.9 Å². The Bertz CT molecular complexity index is 1430. The first kappa shape index (κ1) is 26.7. The molecule has 192 valence electrons. The van der Waals surface area contributed by atoms with Gasteiger partial charge in [0, 0.05) is 36.4 Å². The fraction of sp³-hybridized carbons (Fsp3) is 0.375. The summed E-state index contributed by atoms with van der Waals surface area (Å²) in [6.45, 7) is 4.03. The summed E-state index contributed by atoms with van der Waals surface area (Å²) in [6.07, 6.45) is 0.357. The summed E-state index contributed by atoms with van der Waals surface area (Å²) in [5.41, 5.74) is 2.91. The molecule has 4 N–H and O–H groups in total. The van der Waals surface area contributed by atoms with E-state index in [1.165, 1.54) is 4.68 Å². The van der Waals surface area contributed by atoms with Crippen LogP contribution >= 0.6 is 34.8 Å². The highest BCUT2D eigenvalue weighted by atomic mass is 35.5. The lowest BCUT2D eigenvalue weighted by Gasteiger charge is -2.14. The standard InChI is InChI=1S/C24H27Cl3N6O3/c1-12(2)21-20-23(33(31-21)22-17(26)6-13(25)7-18(22)27)29-19(30-24(20)36)8-15-4-5-16(32(15)3)9-28-14(10-34)11-35/h4-7,12,14,28,34-35H,8-11H2,1-3H3,(H,29,30,36). The molecule has 9 nitrogen and oxygen atoms in total. The third kappa shape index (κ3) is 5.18. The Morgan fingerprint density at radius 3 is 2.33 bits per heavy atom. The second-order valence-electron chi connectivity index (χ2n) is 8.88. The quantitative estimate of drug-likeness (QED) is 0.251. The van der Waals surface area contributed by atoms with Crippen LogP contribution in [0, 0.1) is 0 Å². The first-order chi connectivity index (χ1) is 17.1. The van der Waals surface area contributed by atoms with Crippen molar-refractivity contribution < 1.29 is 10.2 Å². The molecule has 0 saturated carbocycles. The molecule has 12 heteroatoms. The highest BCUT2D eigenvalue weighted by Crippen LogP contribution is 2.34. The van der Waals surface area contributed by atoms with Gasteiger partial charge in [0.25, 0.3) is 5.56 Å². The minimum atomic E-state index is -0.397. The van der Waals surface area contributed by atoms with Gasteiger partial charge in [0.05, 0.1) is 35.0 Å². The number of nitrogens with one attached hydrogen (secondary N) is 2. The van der Waals surface area contributed by atoms with Gasteiger partial charge in [-0.05, 0) is 30.2 Å². The number of H-pyrrole nitrogens is 1. The number of aliphatic hydroxyl groups excluding tert-OH is 2. The van der Waals surface area contributed by atoms with E-state index in [9.17, 15) is 15.0 Å². The Kier molecular flexibility index (Phi) is 8.09. The molecular weight excluding hydrogens is 527 g/mol. The highest BCUT2D eigenvalue weighted by molar-refractivity contribution is 6.40. The summed E-state index contributed by atoms with van der Waals surface area (Å²) in [6, 6.07) is 6.62. The molecule has 0 aliphatic carbocycles. The molecule has 0 unspecified atom stereocenters. The molecular formula is C24H27Cl3N6O3. The average molecular weight is 554 g/mol. The van der Waals surface area contributed by atoms with Crippen LogP contribution in [-0.4, -0.2) is 53.8 Å². The second kappa shape index (κ2) is 10.9. The number of hydrogen-bond donors (Lipinski definition) is 4. The predicted octanol–water partition coefficient (Wildman–Crippen LogP) is 3.56. The van der Waals surface area contributed by atoms with Crippen LogP contribution in [0.2, 0.25) is 15.1 Å². The number of benzene rings is 1. The molecule has 4 aromatic rings. The van der Waals surface area contributed by atoms with E-state index in [2.05, 4.69) is 15.4 Å². The van der Waals surface area contributed by atoms with Crippen LogP contribution in [-0.2, 0) is 20.0 Å². The van der Waals surface area contributed by atoms with E-state index in [0.29, 0.717) is 56.3 Å². The maximum atomic E-state index is 13.2. The fourth-order valence-corrected chi connectivity index (χ4v) is 5.02. The van der Waals surface area contributed by atoms with Gasteiger partial charge in [-0.25, -0.2) is 9.67 Å². The van der Waals surface area contributed by atoms with Crippen molar-refractivity contribution in [3.8, 4) is 5.69 Å². The van der Waals surface area contributed by atoms with Crippen molar-refractivity contribution in [3.05, 3.63) is 72.6 Å². The summed E-state index contributed by atoms with van der Waals surface area (Å²) in [5, 5.41) is 27.7. The zero-order valence-corrected chi connectivity index (χ0v) is 22.3. The summed E-state index contributed by atoms with van der Waals surface area (Å²) in [5.74, 6) is 0.409. The third-order valence-corrected chi connectivity index (χ3v) is 6.84. The summed E-state index contributed by atoms with van der Waals surface area (Å²) in [4.78, 5) is 20.9. The van der Waals surface area contributed by atoms with Crippen LogP contribution in [0.25, 0.3) is 16.7 Å². The molecule has 0 spiro atoms. The van der Waals surface area contributed by atoms with E-state index in [-0.39, 0.29) is 24.7 Å². The molecule has 0 radical (unpaired) electrons. The zero-order chi connectivity index (χ0) is 26.1. The molecule has 0 amide bonds. The molecule has 0 aliphatic heterocycles. The number of fused-ring (bicyclic) bond motifs is 1. The summed E-state index contributed by atoms with van der Waals surface area (Å²) in [7, 11) is 1.91. The van der Waals surface area contributed by atoms with Crippen LogP contribution < -0.4 is 10.9 Å². The normalized spacial score (nSPS) is 11.9. The molecule has 0 aliphatic rings. The fourth-order valence-electron chi connectivity index (χ4n) is 4.04. The lowest BCUT2D eigenvalue weighted by molar-refractivity contribution is 0.170. The average Bonchev–Trinajstić information content (AvgIpc) is 3.35. The molecule has 0 saturated heterocycles. The van der Waals surface area contributed by atoms with Gasteiger partial charge in [-0.2, -0.15) is 5.10 Å². The number of nitrogens with zero attached hydrogens (tertiary/aromatic N) is 4. The van der Waals surface area contributed by atoms with Gasteiger partial charge < -0.3 is 25.1 Å². The minimum absolute atomic E-state index is 0.0445. The Balaban J connectivity index is 1.77.